The number of esters is 1. The van der Waals surface area contributed by atoms with E-state index in [2.05, 4.69) is 36.4 Å². The number of carbonyl (C=O) groups excluding carboxylic acids is 1. The van der Waals surface area contributed by atoms with Crippen LogP contribution in [0, 0.1) is 31.6 Å². The number of hydrogen-bond acceptors (Lipinski definition) is 3. The van der Waals surface area contributed by atoms with E-state index in [4.69, 9.17) is 9.48 Å². The average Bonchev–Trinajstić information content (AvgIpc) is 3.37. The first-order valence-electron chi connectivity index (χ1n) is 10.6. The Labute approximate surface area is 191 Å². The van der Waals surface area contributed by atoms with Crippen LogP contribution in [-0.2, 0) is 9.53 Å². The van der Waals surface area contributed by atoms with Crippen molar-refractivity contribution >= 4 is 28.9 Å². The number of ether oxygens (including phenoxy) is 1. The lowest BCUT2D eigenvalue weighted by Gasteiger charge is -2.27. The summed E-state index contributed by atoms with van der Waals surface area (Å²) in [5, 5.41) is 3.24. The van der Waals surface area contributed by atoms with Crippen molar-refractivity contribution in [3.05, 3.63) is 134 Å². The third kappa shape index (κ3) is 4.79. The second-order valence-corrected chi connectivity index (χ2v) is 10.2. The number of hydrogen-bond donors (Lipinski definition) is 0. The fourth-order valence-electron chi connectivity index (χ4n) is 3.69. The first-order chi connectivity index (χ1) is 15.7. The van der Waals surface area contributed by atoms with Crippen molar-refractivity contribution in [2.45, 2.75) is 6.92 Å². The van der Waals surface area contributed by atoms with Crippen molar-refractivity contribution in [3.8, 4) is 0 Å². The minimum atomic E-state index is -2.55. The van der Waals surface area contributed by atoms with E-state index in [-0.39, 0.29) is 0 Å². The number of nitrogens with zero attached hydrogens (tertiary/aromatic N) is 1. The molecule has 0 amide bonds. The molecule has 0 aromatic heterocycles. The predicted octanol–water partition coefficient (Wildman–Crippen LogP) is 5.02. The van der Waals surface area contributed by atoms with E-state index in [1.165, 1.54) is 0 Å². The fourth-order valence-corrected chi connectivity index (χ4v) is 7.20. The smallest absolute Gasteiger partial charge is 0.356 e. The first-order valence-corrected chi connectivity index (χ1v) is 12.4. The molecule has 0 spiro atoms. The highest BCUT2D eigenvalue weighted by atomic mass is 31.2. The van der Waals surface area contributed by atoms with Gasteiger partial charge in [0.2, 0.25) is 0 Å². The van der Waals surface area contributed by atoms with Crippen molar-refractivity contribution in [1.82, 2.24) is 0 Å². The highest BCUT2D eigenvalue weighted by Gasteiger charge is 2.30. The van der Waals surface area contributed by atoms with Gasteiger partial charge in [-0.05, 0) is 38.7 Å². The van der Waals surface area contributed by atoms with E-state index in [9.17, 15) is 4.79 Å². The molecule has 0 atom stereocenters. The lowest BCUT2D eigenvalue weighted by molar-refractivity contribution is -0.138. The highest BCUT2D eigenvalue weighted by Crippen LogP contribution is 2.48. The van der Waals surface area contributed by atoms with Gasteiger partial charge in [0.1, 0.15) is 5.70 Å². The maximum absolute atomic E-state index is 13.1. The third-order valence-corrected chi connectivity index (χ3v) is 8.78. The lowest BCUT2D eigenvalue weighted by atomic mass is 10.1. The summed E-state index contributed by atoms with van der Waals surface area (Å²) in [5.74, 6) is 0.505. The summed E-state index contributed by atoms with van der Waals surface area (Å²) in [6.07, 6.45) is 9.64. The van der Waals surface area contributed by atoms with Gasteiger partial charge in [-0.3, -0.25) is 0 Å². The van der Waals surface area contributed by atoms with Crippen LogP contribution >= 0.6 is 7.05 Å². The zero-order chi connectivity index (χ0) is 22.2. The fraction of sp³-hybridized carbons (Fsp3) is 0.0714. The SMILES string of the molecule is CCOC(=O)/C(=C/[C]1[CH][CH][CH][CH]1)N=P(c1ccccc1)(c1ccccc1)c1ccccc1. The number of allylic oxidation sites excluding steroid dienone is 1. The monoisotopic (exact) mass is 438 g/mol. The molecule has 0 saturated heterocycles. The van der Waals surface area contributed by atoms with Crippen LogP contribution in [0.5, 0.6) is 0 Å². The van der Waals surface area contributed by atoms with Crippen molar-refractivity contribution in [2.75, 3.05) is 6.61 Å². The van der Waals surface area contributed by atoms with E-state index in [0.717, 1.165) is 21.8 Å². The van der Waals surface area contributed by atoms with Crippen LogP contribution in [0.1, 0.15) is 6.92 Å². The standard InChI is InChI=1S/C28H25NO2P/c1-2-31-28(30)27(22-23-14-12-13-15-23)29-32(24-16-6-3-7-17-24,25-18-8-4-9-19-25)26-20-10-5-11-21-26/h3-22H,2H2,1H3/b27-22-. The first kappa shape index (κ1) is 22.3. The van der Waals surface area contributed by atoms with Crippen molar-refractivity contribution < 1.29 is 9.53 Å². The molecule has 0 heterocycles. The summed E-state index contributed by atoms with van der Waals surface area (Å²) in [6.45, 7) is 2.10. The van der Waals surface area contributed by atoms with Gasteiger partial charge >= 0.3 is 5.97 Å². The largest absolute Gasteiger partial charge is 0.461 e. The van der Waals surface area contributed by atoms with Gasteiger partial charge in [-0.15, -0.1) is 0 Å². The second kappa shape index (κ2) is 10.6. The van der Waals surface area contributed by atoms with Gasteiger partial charge in [-0.1, -0.05) is 91.0 Å². The van der Waals surface area contributed by atoms with Crippen LogP contribution in [0.15, 0.2) is 108 Å². The Morgan fingerprint density at radius 2 is 1.22 bits per heavy atom. The van der Waals surface area contributed by atoms with Crippen LogP contribution in [0.3, 0.4) is 0 Å². The molecular weight excluding hydrogens is 413 g/mol. The van der Waals surface area contributed by atoms with Gasteiger partial charge in [0.15, 0.2) is 0 Å². The zero-order valence-corrected chi connectivity index (χ0v) is 18.9. The summed E-state index contributed by atoms with van der Waals surface area (Å²) in [7, 11) is -2.55. The predicted molar refractivity (Wildman–Crippen MR) is 133 cm³/mol. The molecule has 3 nitrogen and oxygen atoms in total. The van der Waals surface area contributed by atoms with Gasteiger partial charge in [0, 0.05) is 21.8 Å². The van der Waals surface area contributed by atoms with Crippen molar-refractivity contribution in [2.24, 2.45) is 4.74 Å². The normalized spacial score (nSPS) is 14.8. The maximum atomic E-state index is 13.1. The minimum Gasteiger partial charge on any atom is -0.461 e. The summed E-state index contributed by atoms with van der Waals surface area (Å²) < 4.78 is 10.7. The molecular formula is C28H25NO2P. The Kier molecular flexibility index (Phi) is 7.39. The molecule has 4 rings (SSSR count). The summed E-state index contributed by atoms with van der Waals surface area (Å²) in [4.78, 5) is 13.1. The molecule has 1 fully saturated rings. The molecule has 32 heavy (non-hydrogen) atoms. The van der Waals surface area contributed by atoms with E-state index >= 15 is 0 Å². The summed E-state index contributed by atoms with van der Waals surface area (Å²) in [6, 6.07) is 30.7. The lowest BCUT2D eigenvalue weighted by Crippen LogP contribution is -2.26. The molecule has 5 radical (unpaired) electrons. The minimum absolute atomic E-state index is 0.292. The molecule has 1 aliphatic carbocycles. The Bertz CT molecular complexity index is 999. The molecule has 0 aliphatic heterocycles. The molecule has 159 valence electrons. The maximum Gasteiger partial charge on any atom is 0.356 e. The quantitative estimate of drug-likeness (QED) is 0.295. The van der Waals surface area contributed by atoms with Gasteiger partial charge in [0.05, 0.1) is 13.7 Å². The third-order valence-electron chi connectivity index (χ3n) is 5.12. The molecule has 3 aromatic carbocycles. The number of benzene rings is 3. The van der Waals surface area contributed by atoms with Crippen molar-refractivity contribution in [1.29, 1.82) is 0 Å². The van der Waals surface area contributed by atoms with Crippen LogP contribution < -0.4 is 15.9 Å². The topological polar surface area (TPSA) is 38.7 Å². The van der Waals surface area contributed by atoms with Crippen LogP contribution in [0.2, 0.25) is 0 Å². The second-order valence-electron chi connectivity index (χ2n) is 7.21. The van der Waals surface area contributed by atoms with Gasteiger partial charge in [-0.25, -0.2) is 9.54 Å². The summed E-state index contributed by atoms with van der Waals surface area (Å²) >= 11 is 0. The molecule has 1 aliphatic rings. The van der Waals surface area contributed by atoms with Crippen LogP contribution in [0.25, 0.3) is 0 Å². The average molecular weight is 438 g/mol. The van der Waals surface area contributed by atoms with E-state index in [0.29, 0.717) is 12.3 Å². The Morgan fingerprint density at radius 3 is 1.62 bits per heavy atom. The molecule has 0 N–H and O–H groups in total. The number of rotatable bonds is 7. The van der Waals surface area contributed by atoms with Crippen molar-refractivity contribution in [3.63, 3.8) is 0 Å². The molecule has 0 bridgehead atoms. The Balaban J connectivity index is 2.05. The van der Waals surface area contributed by atoms with Gasteiger partial charge in [-0.2, -0.15) is 0 Å². The zero-order valence-electron chi connectivity index (χ0n) is 18.0. The Hall–Kier alpha value is -2.90. The molecule has 1 saturated carbocycles. The molecule has 0 unspecified atom stereocenters. The molecule has 3 aromatic rings. The van der Waals surface area contributed by atoms with E-state index in [1.807, 2.05) is 93.3 Å². The van der Waals surface area contributed by atoms with E-state index < -0.39 is 13.0 Å². The van der Waals surface area contributed by atoms with Gasteiger partial charge in [0.25, 0.3) is 0 Å². The van der Waals surface area contributed by atoms with E-state index in [1.54, 1.807) is 0 Å². The highest BCUT2D eigenvalue weighted by molar-refractivity contribution is 7.87. The molecule has 4 heteroatoms. The van der Waals surface area contributed by atoms with Crippen LogP contribution in [-0.4, -0.2) is 12.6 Å². The number of carbonyl (C=O) groups is 1. The van der Waals surface area contributed by atoms with Gasteiger partial charge < -0.3 is 4.74 Å². The van der Waals surface area contributed by atoms with Crippen LogP contribution in [0.4, 0.5) is 0 Å². The Morgan fingerprint density at radius 1 is 0.781 bits per heavy atom. The summed E-state index contributed by atoms with van der Waals surface area (Å²) in [5.41, 5.74) is 0.322.